The number of nitrogen functional groups attached to an aromatic ring is 1. The Morgan fingerprint density at radius 3 is 1.81 bits per heavy atom. The van der Waals surface area contributed by atoms with Crippen LogP contribution in [0.25, 0.3) is 0 Å². The van der Waals surface area contributed by atoms with Crippen molar-refractivity contribution in [1.29, 1.82) is 0 Å². The number of benzene rings is 1. The lowest BCUT2D eigenvalue weighted by Gasteiger charge is -2.07. The highest BCUT2D eigenvalue weighted by Gasteiger charge is 2.12. The summed E-state index contributed by atoms with van der Waals surface area (Å²) in [5, 5.41) is 9.01. The smallest absolute Gasteiger partial charge is 0.338 e. The Bertz CT molecular complexity index is 571. The van der Waals surface area contributed by atoms with Gasteiger partial charge in [0, 0.05) is 5.69 Å². The highest BCUT2D eigenvalue weighted by molar-refractivity contribution is 5.96. The Hall–Kier alpha value is -2.04. The van der Waals surface area contributed by atoms with Crippen LogP contribution < -0.4 is 5.73 Å². The average molecular weight is 378 g/mol. The van der Waals surface area contributed by atoms with Crippen molar-refractivity contribution >= 4 is 17.6 Å². The zero-order valence-electron chi connectivity index (χ0n) is 16.7. The van der Waals surface area contributed by atoms with Crippen LogP contribution in [0.4, 0.5) is 5.69 Å². The summed E-state index contributed by atoms with van der Waals surface area (Å²) in [4.78, 5) is 23.0. The molecule has 1 rings (SSSR count). The Balaban J connectivity index is 2.05. The lowest BCUT2D eigenvalue weighted by Crippen LogP contribution is -2.09. The van der Waals surface area contributed by atoms with E-state index in [1.54, 1.807) is 0 Å². The van der Waals surface area contributed by atoms with Gasteiger partial charge in [0.1, 0.15) is 0 Å². The van der Waals surface area contributed by atoms with Crippen molar-refractivity contribution in [2.24, 2.45) is 0 Å². The minimum atomic E-state index is -1.11. The fourth-order valence-electron chi connectivity index (χ4n) is 3.08. The van der Waals surface area contributed by atoms with E-state index in [0.29, 0.717) is 6.61 Å². The Morgan fingerprint density at radius 1 is 0.815 bits per heavy atom. The monoisotopic (exact) mass is 377 g/mol. The van der Waals surface area contributed by atoms with Crippen LogP contribution in [0.5, 0.6) is 0 Å². The molecule has 0 saturated heterocycles. The summed E-state index contributed by atoms with van der Waals surface area (Å²) in [5.41, 5.74) is 6.06. The summed E-state index contributed by atoms with van der Waals surface area (Å²) in [7, 11) is 0. The number of carboxylic acids is 1. The van der Waals surface area contributed by atoms with Crippen molar-refractivity contribution < 1.29 is 19.4 Å². The van der Waals surface area contributed by atoms with Gasteiger partial charge in [0.2, 0.25) is 0 Å². The van der Waals surface area contributed by atoms with Crippen LogP contribution in [0, 0.1) is 0 Å². The van der Waals surface area contributed by atoms with Crippen molar-refractivity contribution in [3.05, 3.63) is 29.3 Å². The first-order valence-electron chi connectivity index (χ1n) is 10.4. The van der Waals surface area contributed by atoms with Gasteiger partial charge in [0.25, 0.3) is 0 Å². The molecule has 0 atom stereocenters. The van der Waals surface area contributed by atoms with Gasteiger partial charge in [-0.25, -0.2) is 9.59 Å². The van der Waals surface area contributed by atoms with Crippen molar-refractivity contribution in [2.45, 2.75) is 84.0 Å². The maximum absolute atomic E-state index is 12.0. The molecule has 152 valence electrons. The predicted octanol–water partition coefficient (Wildman–Crippen LogP) is 5.82. The standard InChI is InChI=1S/C22H35NO4/c1-2-3-4-5-6-7-8-9-10-11-12-13-14-27-22(26)19-15-18(21(24)25)16-20(23)17-19/h15-17H,2-14,23H2,1H3,(H,24,25). The number of nitrogens with two attached hydrogens (primary N) is 1. The van der Waals surface area contributed by atoms with Crippen molar-refractivity contribution in [1.82, 2.24) is 0 Å². The Labute approximate surface area is 163 Å². The fourth-order valence-corrected chi connectivity index (χ4v) is 3.08. The van der Waals surface area contributed by atoms with Crippen molar-refractivity contribution in [3.8, 4) is 0 Å². The molecule has 0 fully saturated rings. The molecule has 1 aromatic rings. The predicted molar refractivity (Wildman–Crippen MR) is 109 cm³/mol. The minimum Gasteiger partial charge on any atom is -0.478 e. The van der Waals surface area contributed by atoms with E-state index in [9.17, 15) is 9.59 Å². The van der Waals surface area contributed by atoms with Gasteiger partial charge in [-0.1, -0.05) is 77.6 Å². The second-order valence-electron chi connectivity index (χ2n) is 7.17. The summed E-state index contributed by atoms with van der Waals surface area (Å²) < 4.78 is 5.22. The molecule has 27 heavy (non-hydrogen) atoms. The average Bonchev–Trinajstić information content (AvgIpc) is 2.64. The third-order valence-corrected chi connectivity index (χ3v) is 4.67. The van der Waals surface area contributed by atoms with Gasteiger partial charge in [-0.3, -0.25) is 0 Å². The van der Waals surface area contributed by atoms with Crippen LogP contribution in [-0.2, 0) is 4.74 Å². The number of carbonyl (C=O) groups excluding carboxylic acids is 1. The topological polar surface area (TPSA) is 89.6 Å². The molecule has 0 aliphatic rings. The maximum atomic E-state index is 12.0. The number of carboxylic acid groups (broad SMARTS) is 1. The number of anilines is 1. The highest BCUT2D eigenvalue weighted by atomic mass is 16.5. The van der Waals surface area contributed by atoms with Gasteiger partial charge >= 0.3 is 11.9 Å². The first-order chi connectivity index (χ1) is 13.0. The molecule has 0 radical (unpaired) electrons. The van der Waals surface area contributed by atoms with Crippen LogP contribution in [0.1, 0.15) is 105 Å². The number of hydrogen-bond donors (Lipinski definition) is 2. The van der Waals surface area contributed by atoms with E-state index < -0.39 is 11.9 Å². The number of aromatic carboxylic acids is 1. The van der Waals surface area contributed by atoms with E-state index in [1.807, 2.05) is 0 Å². The van der Waals surface area contributed by atoms with Crippen molar-refractivity contribution in [3.63, 3.8) is 0 Å². The molecule has 0 unspecified atom stereocenters. The van der Waals surface area contributed by atoms with E-state index in [4.69, 9.17) is 15.6 Å². The van der Waals surface area contributed by atoms with Crippen LogP contribution in [0.15, 0.2) is 18.2 Å². The van der Waals surface area contributed by atoms with Crippen LogP contribution in [-0.4, -0.2) is 23.7 Å². The second kappa shape index (κ2) is 14.1. The molecule has 0 saturated carbocycles. The van der Waals surface area contributed by atoms with Gasteiger partial charge < -0.3 is 15.6 Å². The number of unbranched alkanes of at least 4 members (excludes halogenated alkanes) is 11. The molecule has 3 N–H and O–H groups in total. The second-order valence-corrected chi connectivity index (χ2v) is 7.17. The van der Waals surface area contributed by atoms with E-state index >= 15 is 0 Å². The van der Waals surface area contributed by atoms with Gasteiger partial charge in [0.05, 0.1) is 17.7 Å². The highest BCUT2D eigenvalue weighted by Crippen LogP contribution is 2.14. The zero-order valence-corrected chi connectivity index (χ0v) is 16.7. The third-order valence-electron chi connectivity index (χ3n) is 4.67. The first kappa shape index (κ1) is 23.0. The van der Waals surface area contributed by atoms with Gasteiger partial charge in [-0.2, -0.15) is 0 Å². The molecular weight excluding hydrogens is 342 g/mol. The first-order valence-corrected chi connectivity index (χ1v) is 10.4. The van der Waals surface area contributed by atoms with Crippen molar-refractivity contribution in [2.75, 3.05) is 12.3 Å². The summed E-state index contributed by atoms with van der Waals surface area (Å²) in [6.07, 6.45) is 15.0. The zero-order chi connectivity index (χ0) is 19.9. The molecule has 0 aliphatic heterocycles. The summed E-state index contributed by atoms with van der Waals surface area (Å²) in [6, 6.07) is 4.06. The molecule has 0 heterocycles. The number of hydrogen-bond acceptors (Lipinski definition) is 4. The minimum absolute atomic E-state index is 0.00712. The molecule has 0 aromatic heterocycles. The number of carbonyl (C=O) groups is 2. The fraction of sp³-hybridized carbons (Fsp3) is 0.636. The summed E-state index contributed by atoms with van der Waals surface area (Å²) in [5.74, 6) is -1.63. The lowest BCUT2D eigenvalue weighted by atomic mass is 10.1. The maximum Gasteiger partial charge on any atom is 0.338 e. The Morgan fingerprint density at radius 2 is 1.30 bits per heavy atom. The molecular formula is C22H35NO4. The van der Waals surface area contributed by atoms with Gasteiger partial charge in [0.15, 0.2) is 0 Å². The Kier molecular flexibility index (Phi) is 12.0. The van der Waals surface area contributed by atoms with E-state index in [0.717, 1.165) is 19.3 Å². The van der Waals surface area contributed by atoms with Gasteiger partial charge in [-0.05, 0) is 24.6 Å². The SMILES string of the molecule is CCCCCCCCCCCCCCOC(=O)c1cc(N)cc(C(=O)O)c1. The van der Waals surface area contributed by atoms with Crippen LogP contribution in [0.3, 0.4) is 0 Å². The molecule has 0 spiro atoms. The quantitative estimate of drug-likeness (QED) is 0.228. The summed E-state index contributed by atoms with van der Waals surface area (Å²) in [6.45, 7) is 2.60. The van der Waals surface area contributed by atoms with Gasteiger partial charge in [-0.15, -0.1) is 0 Å². The third kappa shape index (κ3) is 10.6. The number of rotatable bonds is 15. The molecule has 0 amide bonds. The lowest BCUT2D eigenvalue weighted by molar-refractivity contribution is 0.0497. The number of ether oxygens (including phenoxy) is 1. The van der Waals surface area contributed by atoms with E-state index in [-0.39, 0.29) is 16.8 Å². The van der Waals surface area contributed by atoms with Crippen LogP contribution >= 0.6 is 0 Å². The molecule has 0 bridgehead atoms. The molecule has 5 nitrogen and oxygen atoms in total. The van der Waals surface area contributed by atoms with E-state index in [1.165, 1.54) is 76.0 Å². The molecule has 5 heteroatoms. The van der Waals surface area contributed by atoms with E-state index in [2.05, 4.69) is 6.92 Å². The van der Waals surface area contributed by atoms with Crippen LogP contribution in [0.2, 0.25) is 0 Å². The molecule has 1 aromatic carbocycles. The normalized spacial score (nSPS) is 10.7. The number of esters is 1. The molecule has 0 aliphatic carbocycles. The summed E-state index contributed by atoms with van der Waals surface area (Å²) >= 11 is 0. The largest absolute Gasteiger partial charge is 0.478 e.